The van der Waals surface area contributed by atoms with Crippen molar-refractivity contribution in [3.63, 3.8) is 0 Å². The van der Waals surface area contributed by atoms with Crippen LogP contribution in [0, 0.1) is 0 Å². The van der Waals surface area contributed by atoms with Gasteiger partial charge in [-0.25, -0.2) is 9.79 Å². The highest BCUT2D eigenvalue weighted by Gasteiger charge is 2.33. The lowest BCUT2D eigenvalue weighted by Crippen LogP contribution is -2.14. The number of amides is 1. The van der Waals surface area contributed by atoms with E-state index in [4.69, 9.17) is 4.74 Å². The van der Waals surface area contributed by atoms with Crippen LogP contribution in [0.3, 0.4) is 0 Å². The van der Waals surface area contributed by atoms with Gasteiger partial charge in [0.05, 0.1) is 11.5 Å². The highest BCUT2D eigenvalue weighted by Crippen LogP contribution is 2.39. The molecule has 0 aromatic heterocycles. The summed E-state index contributed by atoms with van der Waals surface area (Å²) in [6, 6.07) is 7.90. The molecule has 0 radical (unpaired) electrons. The summed E-state index contributed by atoms with van der Waals surface area (Å²) in [6.45, 7) is 5.62. The average Bonchev–Trinajstić information content (AvgIpc) is 2.91. The zero-order valence-electron chi connectivity index (χ0n) is 14.5. The van der Waals surface area contributed by atoms with Crippen LogP contribution in [0.4, 0.5) is 0 Å². The first kappa shape index (κ1) is 19.0. The number of aryl methyl sites for hydroxylation is 1. The minimum Gasteiger partial charge on any atom is -0.506 e. The van der Waals surface area contributed by atoms with Crippen molar-refractivity contribution in [3.8, 4) is 0 Å². The van der Waals surface area contributed by atoms with Crippen molar-refractivity contribution in [3.05, 3.63) is 51.6 Å². The molecule has 0 bridgehead atoms. The number of aliphatic hydroxyl groups is 1. The molecule has 1 heterocycles. The van der Waals surface area contributed by atoms with Crippen LogP contribution in [0.1, 0.15) is 38.3 Å². The molecule has 0 unspecified atom stereocenters. The van der Waals surface area contributed by atoms with E-state index in [1.54, 1.807) is 19.9 Å². The van der Waals surface area contributed by atoms with Crippen LogP contribution < -0.4 is 0 Å². The quantitative estimate of drug-likeness (QED) is 0.803. The molecule has 5 nitrogen and oxygen atoms in total. The van der Waals surface area contributed by atoms with Crippen molar-refractivity contribution >= 4 is 34.8 Å². The highest BCUT2D eigenvalue weighted by molar-refractivity contribution is 8.18. The number of carbonyl (C=O) groups is 2. The average molecular weight is 359 g/mol. The Morgan fingerprint density at radius 2 is 1.88 bits per heavy atom. The summed E-state index contributed by atoms with van der Waals surface area (Å²) in [7, 11) is 0. The van der Waals surface area contributed by atoms with Crippen LogP contribution in [-0.4, -0.2) is 28.6 Å². The largest absolute Gasteiger partial charge is 0.506 e. The van der Waals surface area contributed by atoms with E-state index in [0.717, 1.165) is 23.7 Å². The minimum atomic E-state index is -0.681. The summed E-state index contributed by atoms with van der Waals surface area (Å²) in [5, 5.41) is 10.6. The molecule has 0 aliphatic carbocycles. The first-order valence-corrected chi connectivity index (χ1v) is 9.02. The number of esters is 1. The number of benzene rings is 1. The number of ether oxygens (including phenoxy) is 1. The number of hydrogen-bond acceptors (Lipinski definition) is 5. The summed E-state index contributed by atoms with van der Waals surface area (Å²) in [5.74, 6) is -1.24. The Kier molecular flexibility index (Phi) is 6.58. The molecule has 1 amide bonds. The first-order valence-electron chi connectivity index (χ1n) is 8.21. The van der Waals surface area contributed by atoms with Gasteiger partial charge in [-0.2, -0.15) is 0 Å². The molecule has 25 heavy (non-hydrogen) atoms. The van der Waals surface area contributed by atoms with Gasteiger partial charge in [0.25, 0.3) is 0 Å². The molecule has 1 aromatic carbocycles. The second-order valence-corrected chi connectivity index (χ2v) is 6.34. The standard InChI is InChI=1S/C19H21NO4S/c1-4-12-7-9-13(10-8-12)11-14-17(22)16(19(23)24-6-3)18(25-14)20-15(21)5-2/h7-11,22H,4-6H2,1-3H3/b14-11-,20-18?. The number of rotatable bonds is 5. The predicted octanol–water partition coefficient (Wildman–Crippen LogP) is 4.05. The van der Waals surface area contributed by atoms with E-state index in [1.165, 1.54) is 5.56 Å². The number of nitrogens with zero attached hydrogens (tertiary/aromatic N) is 1. The van der Waals surface area contributed by atoms with E-state index >= 15 is 0 Å². The molecule has 1 N–H and O–H groups in total. The maximum Gasteiger partial charge on any atom is 0.344 e. The van der Waals surface area contributed by atoms with Crippen LogP contribution in [0.2, 0.25) is 0 Å². The summed E-state index contributed by atoms with van der Waals surface area (Å²) in [6.07, 6.45) is 2.93. The van der Waals surface area contributed by atoms with Gasteiger partial charge >= 0.3 is 5.97 Å². The summed E-state index contributed by atoms with van der Waals surface area (Å²) >= 11 is 1.09. The molecule has 0 spiro atoms. The van der Waals surface area contributed by atoms with E-state index in [-0.39, 0.29) is 35.3 Å². The molecular formula is C19H21NO4S. The number of thioether (sulfide) groups is 1. The molecule has 1 aromatic rings. The Balaban J connectivity index is 2.42. The van der Waals surface area contributed by atoms with Gasteiger partial charge in [0, 0.05) is 6.42 Å². The van der Waals surface area contributed by atoms with Gasteiger partial charge in [0.2, 0.25) is 5.91 Å². The molecular weight excluding hydrogens is 338 g/mol. The first-order chi connectivity index (χ1) is 12.0. The SMILES string of the molecule is CCOC(=O)C1=C(O)/C(=C/c2ccc(CC)cc2)SC1=NC(=O)CC. The predicted molar refractivity (Wildman–Crippen MR) is 100 cm³/mol. The van der Waals surface area contributed by atoms with Gasteiger partial charge in [0.15, 0.2) is 0 Å². The Hall–Kier alpha value is -2.34. The van der Waals surface area contributed by atoms with Crippen molar-refractivity contribution < 1.29 is 19.4 Å². The van der Waals surface area contributed by atoms with Crippen molar-refractivity contribution in [2.45, 2.75) is 33.6 Å². The molecule has 2 rings (SSSR count). The van der Waals surface area contributed by atoms with Crippen LogP contribution in [0.15, 0.2) is 45.5 Å². The van der Waals surface area contributed by atoms with Crippen molar-refractivity contribution in [1.29, 1.82) is 0 Å². The maximum absolute atomic E-state index is 12.1. The Morgan fingerprint density at radius 3 is 2.44 bits per heavy atom. The second kappa shape index (κ2) is 8.67. The van der Waals surface area contributed by atoms with Crippen LogP contribution in [-0.2, 0) is 20.7 Å². The van der Waals surface area contributed by atoms with Gasteiger partial charge in [0.1, 0.15) is 16.4 Å². The van der Waals surface area contributed by atoms with E-state index in [0.29, 0.717) is 4.91 Å². The van der Waals surface area contributed by atoms with E-state index < -0.39 is 5.97 Å². The van der Waals surface area contributed by atoms with Gasteiger partial charge in [-0.15, -0.1) is 0 Å². The number of hydrogen-bond donors (Lipinski definition) is 1. The second-order valence-electron chi connectivity index (χ2n) is 5.31. The zero-order valence-corrected chi connectivity index (χ0v) is 15.4. The third-order valence-corrected chi connectivity index (χ3v) is 4.60. The molecule has 6 heteroatoms. The third kappa shape index (κ3) is 4.60. The number of aliphatic imine (C=N–C) groups is 1. The van der Waals surface area contributed by atoms with Crippen molar-refractivity contribution in [2.24, 2.45) is 4.99 Å². The van der Waals surface area contributed by atoms with Crippen molar-refractivity contribution in [1.82, 2.24) is 0 Å². The summed E-state index contributed by atoms with van der Waals surface area (Å²) in [4.78, 5) is 28.2. The Morgan fingerprint density at radius 1 is 1.20 bits per heavy atom. The molecule has 0 fully saturated rings. The summed E-state index contributed by atoms with van der Waals surface area (Å²) < 4.78 is 4.98. The maximum atomic E-state index is 12.1. The lowest BCUT2D eigenvalue weighted by molar-refractivity contribution is -0.138. The van der Waals surface area contributed by atoms with Gasteiger partial charge < -0.3 is 9.84 Å². The fourth-order valence-corrected chi connectivity index (χ4v) is 3.22. The normalized spacial score (nSPS) is 17.4. The van der Waals surface area contributed by atoms with E-state index in [2.05, 4.69) is 11.9 Å². The molecule has 1 aliphatic rings. The van der Waals surface area contributed by atoms with Gasteiger partial charge in [-0.3, -0.25) is 4.79 Å². The van der Waals surface area contributed by atoms with Crippen LogP contribution in [0.25, 0.3) is 6.08 Å². The van der Waals surface area contributed by atoms with E-state index in [1.807, 2.05) is 24.3 Å². The molecule has 1 aliphatic heterocycles. The topological polar surface area (TPSA) is 76.0 Å². The fourth-order valence-electron chi connectivity index (χ4n) is 2.19. The lowest BCUT2D eigenvalue weighted by atomic mass is 10.1. The number of aliphatic hydroxyl groups excluding tert-OH is 1. The van der Waals surface area contributed by atoms with Gasteiger partial charge in [-0.05, 0) is 30.5 Å². The Bertz CT molecular complexity index is 760. The van der Waals surface area contributed by atoms with Crippen molar-refractivity contribution in [2.75, 3.05) is 6.61 Å². The lowest BCUT2D eigenvalue weighted by Gasteiger charge is -2.02. The van der Waals surface area contributed by atoms with Gasteiger partial charge in [-0.1, -0.05) is 49.9 Å². The highest BCUT2D eigenvalue weighted by atomic mass is 32.2. The smallest absolute Gasteiger partial charge is 0.344 e. The Labute approximate surface area is 151 Å². The molecule has 0 saturated heterocycles. The molecule has 0 saturated carbocycles. The van der Waals surface area contributed by atoms with Crippen LogP contribution in [0.5, 0.6) is 0 Å². The third-order valence-electron chi connectivity index (χ3n) is 3.58. The monoisotopic (exact) mass is 359 g/mol. The fraction of sp³-hybridized carbons (Fsp3) is 0.316. The van der Waals surface area contributed by atoms with E-state index in [9.17, 15) is 14.7 Å². The van der Waals surface area contributed by atoms with Crippen LogP contribution >= 0.6 is 11.8 Å². The molecule has 132 valence electrons. The number of carbonyl (C=O) groups excluding carboxylic acids is 2. The summed E-state index contributed by atoms with van der Waals surface area (Å²) in [5.41, 5.74) is 2.05. The zero-order chi connectivity index (χ0) is 18.4. The molecule has 0 atom stereocenters. The minimum absolute atomic E-state index is 0.0509.